The number of esters is 1. The summed E-state index contributed by atoms with van der Waals surface area (Å²) in [6, 6.07) is 19.0. The SMILES string of the molecule is O=C(OCc1ccccc1F)c1ccc(-n2nnnc2Cc2ccccc2F)cc1. The Morgan fingerprint density at radius 1 is 0.867 bits per heavy atom. The van der Waals surface area contributed by atoms with Crippen molar-refractivity contribution in [2.24, 2.45) is 0 Å². The minimum atomic E-state index is -0.576. The van der Waals surface area contributed by atoms with Crippen molar-refractivity contribution in [3.05, 3.63) is 107 Å². The van der Waals surface area contributed by atoms with Crippen LogP contribution in [-0.2, 0) is 17.8 Å². The highest BCUT2D eigenvalue weighted by Crippen LogP contribution is 2.16. The number of aromatic nitrogens is 4. The first kappa shape index (κ1) is 19.4. The second-order valence-corrected chi connectivity index (χ2v) is 6.49. The number of carbonyl (C=O) groups excluding carboxylic acids is 1. The highest BCUT2D eigenvalue weighted by molar-refractivity contribution is 5.89. The Morgan fingerprint density at radius 2 is 1.50 bits per heavy atom. The van der Waals surface area contributed by atoms with Crippen molar-refractivity contribution in [2.45, 2.75) is 13.0 Å². The van der Waals surface area contributed by atoms with Gasteiger partial charge >= 0.3 is 5.97 Å². The molecule has 0 saturated carbocycles. The zero-order valence-electron chi connectivity index (χ0n) is 15.7. The second-order valence-electron chi connectivity index (χ2n) is 6.49. The first-order valence-corrected chi connectivity index (χ1v) is 9.13. The smallest absolute Gasteiger partial charge is 0.338 e. The summed E-state index contributed by atoms with van der Waals surface area (Å²) in [6.45, 7) is -0.160. The van der Waals surface area contributed by atoms with E-state index in [1.54, 1.807) is 60.7 Å². The van der Waals surface area contributed by atoms with Gasteiger partial charge in [0, 0.05) is 12.0 Å². The van der Waals surface area contributed by atoms with Crippen LogP contribution in [0.5, 0.6) is 0 Å². The molecule has 4 rings (SSSR count). The van der Waals surface area contributed by atoms with Gasteiger partial charge in [0.1, 0.15) is 18.2 Å². The van der Waals surface area contributed by atoms with Gasteiger partial charge in [-0.05, 0) is 52.4 Å². The van der Waals surface area contributed by atoms with Crippen LogP contribution in [0.4, 0.5) is 8.78 Å². The molecule has 0 saturated heterocycles. The fourth-order valence-corrected chi connectivity index (χ4v) is 2.91. The van der Waals surface area contributed by atoms with Crippen LogP contribution in [0.3, 0.4) is 0 Å². The van der Waals surface area contributed by atoms with Crippen molar-refractivity contribution in [1.29, 1.82) is 0 Å². The number of hydrogen-bond acceptors (Lipinski definition) is 5. The molecule has 0 aliphatic carbocycles. The van der Waals surface area contributed by atoms with E-state index in [1.165, 1.54) is 16.8 Å². The van der Waals surface area contributed by atoms with E-state index in [1.807, 2.05) is 0 Å². The summed E-state index contributed by atoms with van der Waals surface area (Å²) < 4.78 is 34.2. The van der Waals surface area contributed by atoms with Crippen LogP contribution in [0.1, 0.15) is 27.3 Å². The van der Waals surface area contributed by atoms with Crippen LogP contribution in [-0.4, -0.2) is 26.2 Å². The number of rotatable bonds is 6. The zero-order chi connectivity index (χ0) is 20.9. The largest absolute Gasteiger partial charge is 0.457 e. The molecule has 0 radical (unpaired) electrons. The molecule has 3 aromatic carbocycles. The maximum absolute atomic E-state index is 13.9. The molecule has 8 heteroatoms. The number of hydrogen-bond donors (Lipinski definition) is 0. The topological polar surface area (TPSA) is 69.9 Å². The number of ether oxygens (including phenoxy) is 1. The predicted molar refractivity (Wildman–Crippen MR) is 104 cm³/mol. The number of nitrogens with zero attached hydrogens (tertiary/aromatic N) is 4. The Labute approximate surface area is 170 Å². The first-order chi connectivity index (χ1) is 14.6. The number of carbonyl (C=O) groups is 1. The molecule has 0 aliphatic heterocycles. The maximum Gasteiger partial charge on any atom is 0.338 e. The van der Waals surface area contributed by atoms with Gasteiger partial charge in [0.05, 0.1) is 11.3 Å². The third-order valence-electron chi connectivity index (χ3n) is 4.50. The van der Waals surface area contributed by atoms with Gasteiger partial charge in [0.2, 0.25) is 0 Å². The molecule has 4 aromatic rings. The van der Waals surface area contributed by atoms with Gasteiger partial charge in [-0.1, -0.05) is 36.4 Å². The Morgan fingerprint density at radius 3 is 2.17 bits per heavy atom. The van der Waals surface area contributed by atoms with Crippen molar-refractivity contribution in [2.75, 3.05) is 0 Å². The molecule has 0 unspecified atom stereocenters. The lowest BCUT2D eigenvalue weighted by molar-refractivity contribution is 0.0469. The van der Waals surface area contributed by atoms with Crippen LogP contribution in [0.25, 0.3) is 5.69 Å². The zero-order valence-corrected chi connectivity index (χ0v) is 15.7. The lowest BCUT2D eigenvalue weighted by atomic mass is 10.1. The molecular formula is C22H16F2N4O2. The Bertz CT molecular complexity index is 1180. The summed E-state index contributed by atoms with van der Waals surface area (Å²) in [4.78, 5) is 12.2. The fraction of sp³-hybridized carbons (Fsp3) is 0.0909. The van der Waals surface area contributed by atoms with E-state index in [-0.39, 0.29) is 18.8 Å². The third kappa shape index (κ3) is 4.22. The Balaban J connectivity index is 1.46. The first-order valence-electron chi connectivity index (χ1n) is 9.13. The van der Waals surface area contributed by atoms with E-state index < -0.39 is 11.8 Å². The minimum absolute atomic E-state index is 0.160. The van der Waals surface area contributed by atoms with E-state index >= 15 is 0 Å². The molecule has 0 spiro atoms. The van der Waals surface area contributed by atoms with Crippen molar-refractivity contribution in [1.82, 2.24) is 20.2 Å². The Hall–Kier alpha value is -3.94. The van der Waals surface area contributed by atoms with Crippen LogP contribution < -0.4 is 0 Å². The molecule has 1 heterocycles. The van der Waals surface area contributed by atoms with Crippen LogP contribution >= 0.6 is 0 Å². The molecule has 0 N–H and O–H groups in total. The van der Waals surface area contributed by atoms with E-state index in [2.05, 4.69) is 15.5 Å². The average Bonchev–Trinajstić information content (AvgIpc) is 3.23. The summed E-state index contributed by atoms with van der Waals surface area (Å²) in [5.41, 5.74) is 1.69. The van der Waals surface area contributed by atoms with E-state index in [0.29, 0.717) is 28.2 Å². The average molecular weight is 406 g/mol. The molecule has 0 aliphatic rings. The molecule has 150 valence electrons. The van der Waals surface area contributed by atoms with E-state index in [9.17, 15) is 13.6 Å². The molecule has 1 aromatic heterocycles. The Kier molecular flexibility index (Phi) is 5.56. The molecule has 0 amide bonds. The molecule has 0 atom stereocenters. The predicted octanol–water partition coefficient (Wildman–Crippen LogP) is 3.89. The molecular weight excluding hydrogens is 390 g/mol. The number of halogens is 2. The van der Waals surface area contributed by atoms with Gasteiger partial charge in [-0.25, -0.2) is 13.6 Å². The summed E-state index contributed by atoms with van der Waals surface area (Å²) in [5.74, 6) is -0.884. The van der Waals surface area contributed by atoms with Gasteiger partial charge in [0.25, 0.3) is 0 Å². The summed E-state index contributed by atoms with van der Waals surface area (Å²) >= 11 is 0. The van der Waals surface area contributed by atoms with Gasteiger partial charge in [0.15, 0.2) is 5.82 Å². The van der Waals surface area contributed by atoms with Crippen LogP contribution in [0.2, 0.25) is 0 Å². The van der Waals surface area contributed by atoms with Crippen LogP contribution in [0.15, 0.2) is 72.8 Å². The number of benzene rings is 3. The van der Waals surface area contributed by atoms with Gasteiger partial charge in [-0.15, -0.1) is 5.10 Å². The van der Waals surface area contributed by atoms with E-state index in [4.69, 9.17) is 4.74 Å². The fourth-order valence-electron chi connectivity index (χ4n) is 2.91. The standard InChI is InChI=1S/C22H16F2N4O2/c23-19-7-3-1-5-16(19)13-21-25-26-27-28(21)18-11-9-15(10-12-18)22(29)30-14-17-6-2-4-8-20(17)24/h1-12H,13-14H2. The van der Waals surface area contributed by atoms with Gasteiger partial charge < -0.3 is 4.74 Å². The normalized spacial score (nSPS) is 10.7. The monoisotopic (exact) mass is 406 g/mol. The van der Waals surface area contributed by atoms with Crippen LogP contribution in [0, 0.1) is 11.6 Å². The number of tetrazole rings is 1. The summed E-state index contributed by atoms with van der Waals surface area (Å²) in [5, 5.41) is 11.6. The van der Waals surface area contributed by atoms with Crippen molar-refractivity contribution in [3.8, 4) is 5.69 Å². The lowest BCUT2D eigenvalue weighted by Gasteiger charge is -2.08. The molecule has 6 nitrogen and oxygen atoms in total. The molecule has 0 fully saturated rings. The van der Waals surface area contributed by atoms with E-state index in [0.717, 1.165) is 0 Å². The quantitative estimate of drug-likeness (QED) is 0.455. The second kappa shape index (κ2) is 8.60. The van der Waals surface area contributed by atoms with Crippen molar-refractivity contribution in [3.63, 3.8) is 0 Å². The third-order valence-corrected chi connectivity index (χ3v) is 4.50. The summed E-state index contributed by atoms with van der Waals surface area (Å²) in [7, 11) is 0. The summed E-state index contributed by atoms with van der Waals surface area (Å²) in [6.07, 6.45) is 0.214. The van der Waals surface area contributed by atoms with Crippen molar-refractivity contribution >= 4 is 5.97 Å². The molecule has 0 bridgehead atoms. The molecule has 30 heavy (non-hydrogen) atoms. The van der Waals surface area contributed by atoms with Gasteiger partial charge in [-0.3, -0.25) is 0 Å². The van der Waals surface area contributed by atoms with Crippen molar-refractivity contribution < 1.29 is 18.3 Å². The minimum Gasteiger partial charge on any atom is -0.457 e. The lowest BCUT2D eigenvalue weighted by Crippen LogP contribution is -2.08. The van der Waals surface area contributed by atoms with Gasteiger partial charge in [-0.2, -0.15) is 4.68 Å². The highest BCUT2D eigenvalue weighted by atomic mass is 19.1. The highest BCUT2D eigenvalue weighted by Gasteiger charge is 2.13. The maximum atomic E-state index is 13.9.